The topological polar surface area (TPSA) is 45.5 Å². The van der Waals surface area contributed by atoms with Gasteiger partial charge in [-0.25, -0.2) is 9.98 Å². The van der Waals surface area contributed by atoms with E-state index < -0.39 is 0 Å². The second-order valence-corrected chi connectivity index (χ2v) is 7.65. The van der Waals surface area contributed by atoms with Gasteiger partial charge in [-0.2, -0.15) is 0 Å². The first-order valence-corrected chi connectivity index (χ1v) is 9.85. The Morgan fingerprint density at radius 1 is 1.23 bits per heavy atom. The van der Waals surface area contributed by atoms with Crippen LogP contribution in [0.5, 0.6) is 0 Å². The molecule has 2 fully saturated rings. The van der Waals surface area contributed by atoms with Crippen LogP contribution in [0.2, 0.25) is 0 Å². The molecule has 0 unspecified atom stereocenters. The Morgan fingerprint density at radius 3 is 2.77 bits per heavy atom. The first-order chi connectivity index (χ1) is 12.8. The molecule has 1 saturated carbocycles. The summed E-state index contributed by atoms with van der Waals surface area (Å²) in [6.45, 7) is 6.80. The van der Waals surface area contributed by atoms with Crippen molar-refractivity contribution in [3.05, 3.63) is 54.1 Å². The third-order valence-corrected chi connectivity index (χ3v) is 5.85. The highest BCUT2D eigenvalue weighted by atomic mass is 15.3. The normalized spacial score (nSPS) is 19.0. The van der Waals surface area contributed by atoms with E-state index in [4.69, 9.17) is 4.99 Å². The van der Waals surface area contributed by atoms with Crippen LogP contribution >= 0.6 is 0 Å². The van der Waals surface area contributed by atoms with Gasteiger partial charge >= 0.3 is 0 Å². The summed E-state index contributed by atoms with van der Waals surface area (Å²) in [4.78, 5) is 11.9. The molecule has 4 rings (SSSR count). The lowest BCUT2D eigenvalue weighted by Crippen LogP contribution is -2.42. The smallest absolute Gasteiger partial charge is 0.194 e. The van der Waals surface area contributed by atoms with E-state index in [1.54, 1.807) is 0 Å². The average molecular weight is 351 g/mol. The molecular weight excluding hydrogens is 322 g/mol. The van der Waals surface area contributed by atoms with Crippen LogP contribution in [0.3, 0.4) is 0 Å². The molecule has 2 aromatic rings. The maximum Gasteiger partial charge on any atom is 0.194 e. The van der Waals surface area contributed by atoms with Crippen LogP contribution in [0.25, 0.3) is 0 Å². The molecule has 5 heteroatoms. The molecular formula is C21H29N5. The van der Waals surface area contributed by atoms with Crippen molar-refractivity contribution < 1.29 is 0 Å². The highest BCUT2D eigenvalue weighted by Gasteiger charge is 2.43. The maximum absolute atomic E-state index is 4.91. The van der Waals surface area contributed by atoms with Gasteiger partial charge in [-0.1, -0.05) is 36.8 Å². The van der Waals surface area contributed by atoms with Crippen LogP contribution in [-0.4, -0.2) is 40.0 Å². The maximum atomic E-state index is 4.91. The van der Waals surface area contributed by atoms with Gasteiger partial charge in [0.05, 0.1) is 0 Å². The van der Waals surface area contributed by atoms with Crippen molar-refractivity contribution >= 4 is 5.96 Å². The summed E-state index contributed by atoms with van der Waals surface area (Å²) < 4.78 is 2.19. The number of rotatable bonds is 5. The average Bonchev–Trinajstić information content (AvgIpc) is 3.27. The van der Waals surface area contributed by atoms with Gasteiger partial charge in [0.2, 0.25) is 0 Å². The van der Waals surface area contributed by atoms with Crippen LogP contribution in [0.1, 0.15) is 44.0 Å². The highest BCUT2D eigenvalue weighted by molar-refractivity contribution is 5.80. The molecule has 2 aliphatic rings. The summed E-state index contributed by atoms with van der Waals surface area (Å²) in [5.41, 5.74) is 1.87. The van der Waals surface area contributed by atoms with Crippen LogP contribution in [-0.2, 0) is 13.1 Å². The van der Waals surface area contributed by atoms with E-state index in [2.05, 4.69) is 57.0 Å². The summed E-state index contributed by atoms with van der Waals surface area (Å²) in [5.74, 6) is 2.06. The molecule has 1 aromatic carbocycles. The molecule has 5 nitrogen and oxygen atoms in total. The lowest BCUT2D eigenvalue weighted by atomic mass is 9.68. The molecule has 0 amide bonds. The van der Waals surface area contributed by atoms with Crippen molar-refractivity contribution in [2.45, 2.75) is 45.7 Å². The zero-order valence-corrected chi connectivity index (χ0v) is 15.7. The molecule has 1 aliphatic carbocycles. The van der Waals surface area contributed by atoms with Crippen LogP contribution in [0.4, 0.5) is 0 Å². The summed E-state index contributed by atoms with van der Waals surface area (Å²) >= 11 is 0. The fourth-order valence-corrected chi connectivity index (χ4v) is 4.19. The number of hydrogen-bond acceptors (Lipinski definition) is 2. The zero-order chi connectivity index (χ0) is 17.8. The van der Waals surface area contributed by atoms with Gasteiger partial charge in [-0.05, 0) is 37.2 Å². The minimum Gasteiger partial charge on any atom is -0.357 e. The monoisotopic (exact) mass is 351 g/mol. The summed E-state index contributed by atoms with van der Waals surface area (Å²) in [6, 6.07) is 10.5. The second kappa shape index (κ2) is 7.52. The van der Waals surface area contributed by atoms with Crippen molar-refractivity contribution in [2.24, 2.45) is 10.4 Å². The Labute approximate surface area is 156 Å². The van der Waals surface area contributed by atoms with E-state index in [1.165, 1.54) is 31.2 Å². The highest BCUT2D eigenvalue weighted by Crippen LogP contribution is 2.47. The number of hydrogen-bond donors (Lipinski definition) is 1. The third kappa shape index (κ3) is 3.62. The van der Waals surface area contributed by atoms with Crippen LogP contribution in [0, 0.1) is 5.41 Å². The zero-order valence-electron chi connectivity index (χ0n) is 15.7. The van der Waals surface area contributed by atoms with Gasteiger partial charge < -0.3 is 14.8 Å². The SMILES string of the molecule is CCNC(=NCc1nccn1Cc1ccccc1)N1CCC2(CCC2)C1. The first kappa shape index (κ1) is 17.1. The molecule has 1 N–H and O–H groups in total. The van der Waals surface area contributed by atoms with Gasteiger partial charge in [0.15, 0.2) is 5.96 Å². The Bertz CT molecular complexity index is 745. The number of nitrogens with one attached hydrogen (secondary N) is 1. The molecule has 1 aromatic heterocycles. The molecule has 138 valence electrons. The predicted octanol–water partition coefficient (Wildman–Crippen LogP) is 3.27. The quantitative estimate of drug-likeness (QED) is 0.664. The van der Waals surface area contributed by atoms with Crippen molar-refractivity contribution in [3.8, 4) is 0 Å². The number of nitrogens with zero attached hydrogens (tertiary/aromatic N) is 4. The van der Waals surface area contributed by atoms with Crippen molar-refractivity contribution in [2.75, 3.05) is 19.6 Å². The number of likely N-dealkylation sites (tertiary alicyclic amines) is 1. The van der Waals surface area contributed by atoms with E-state index >= 15 is 0 Å². The third-order valence-electron chi connectivity index (χ3n) is 5.85. The fourth-order valence-electron chi connectivity index (χ4n) is 4.19. The molecule has 0 radical (unpaired) electrons. The van der Waals surface area contributed by atoms with Crippen LogP contribution in [0.15, 0.2) is 47.7 Å². The molecule has 1 spiro atoms. The number of aromatic nitrogens is 2. The molecule has 1 aliphatic heterocycles. The van der Waals surface area contributed by atoms with Gasteiger partial charge in [-0.3, -0.25) is 0 Å². The first-order valence-electron chi connectivity index (χ1n) is 9.85. The van der Waals surface area contributed by atoms with Gasteiger partial charge in [-0.15, -0.1) is 0 Å². The number of guanidine groups is 1. The minimum absolute atomic E-state index is 0.585. The standard InChI is InChI=1S/C21H29N5/c1-2-22-20(26-13-11-21(17-26)9-6-10-21)24-15-19-23-12-14-25(19)16-18-7-4-3-5-8-18/h3-5,7-8,12,14H,2,6,9-11,13,15-17H2,1H3,(H,22,24). The van der Waals surface area contributed by atoms with E-state index in [-0.39, 0.29) is 0 Å². The van der Waals surface area contributed by atoms with E-state index in [0.29, 0.717) is 12.0 Å². The fraction of sp³-hybridized carbons (Fsp3) is 0.524. The van der Waals surface area contributed by atoms with Crippen LogP contribution < -0.4 is 5.32 Å². The molecule has 26 heavy (non-hydrogen) atoms. The Kier molecular flexibility index (Phi) is 4.96. The summed E-state index contributed by atoms with van der Waals surface area (Å²) in [5, 5.41) is 3.48. The number of benzene rings is 1. The lowest BCUT2D eigenvalue weighted by molar-refractivity contribution is 0.151. The Morgan fingerprint density at radius 2 is 2.08 bits per heavy atom. The van der Waals surface area contributed by atoms with Gasteiger partial charge in [0, 0.05) is 38.6 Å². The van der Waals surface area contributed by atoms with Crippen molar-refractivity contribution in [1.82, 2.24) is 19.8 Å². The summed E-state index contributed by atoms with van der Waals surface area (Å²) in [7, 11) is 0. The van der Waals surface area contributed by atoms with Gasteiger partial charge in [0.25, 0.3) is 0 Å². The number of imidazole rings is 1. The molecule has 2 heterocycles. The minimum atomic E-state index is 0.585. The lowest BCUT2D eigenvalue weighted by Gasteiger charge is -2.38. The van der Waals surface area contributed by atoms with E-state index in [1.807, 2.05) is 12.4 Å². The summed E-state index contributed by atoms with van der Waals surface area (Å²) in [6.07, 6.45) is 9.43. The largest absolute Gasteiger partial charge is 0.357 e. The Hall–Kier alpha value is -2.30. The molecule has 0 atom stereocenters. The van der Waals surface area contributed by atoms with Crippen molar-refractivity contribution in [3.63, 3.8) is 0 Å². The molecule has 1 saturated heterocycles. The molecule has 0 bridgehead atoms. The van der Waals surface area contributed by atoms with E-state index in [0.717, 1.165) is 38.0 Å². The number of aliphatic imine (C=N–C) groups is 1. The second-order valence-electron chi connectivity index (χ2n) is 7.65. The van der Waals surface area contributed by atoms with Gasteiger partial charge in [0.1, 0.15) is 12.4 Å². The predicted molar refractivity (Wildman–Crippen MR) is 105 cm³/mol. The van der Waals surface area contributed by atoms with E-state index in [9.17, 15) is 0 Å². The van der Waals surface area contributed by atoms with Crippen molar-refractivity contribution in [1.29, 1.82) is 0 Å². The Balaban J connectivity index is 1.44.